The van der Waals surface area contributed by atoms with Gasteiger partial charge in [0.25, 0.3) is 0 Å². The van der Waals surface area contributed by atoms with E-state index in [4.69, 9.17) is 4.74 Å². The summed E-state index contributed by atoms with van der Waals surface area (Å²) in [5.74, 6) is 0.912. The molecule has 1 fully saturated rings. The van der Waals surface area contributed by atoms with E-state index >= 15 is 0 Å². The molecule has 2 heteroatoms. The summed E-state index contributed by atoms with van der Waals surface area (Å²) in [5.41, 5.74) is 0.263. The van der Waals surface area contributed by atoms with Crippen LogP contribution in [0.2, 0.25) is 0 Å². The van der Waals surface area contributed by atoms with Gasteiger partial charge in [-0.2, -0.15) is 0 Å². The fourth-order valence-electron chi connectivity index (χ4n) is 2.25. The third-order valence-electron chi connectivity index (χ3n) is 3.53. The van der Waals surface area contributed by atoms with Gasteiger partial charge in [-0.15, -0.1) is 0 Å². The van der Waals surface area contributed by atoms with Gasteiger partial charge in [-0.3, -0.25) is 0 Å². The first kappa shape index (κ1) is 14.0. The summed E-state index contributed by atoms with van der Waals surface area (Å²) in [5, 5.41) is 3.40. The fourth-order valence-corrected chi connectivity index (χ4v) is 2.25. The first-order valence-electron chi connectivity index (χ1n) is 6.86. The Balaban J connectivity index is 2.17. The van der Waals surface area contributed by atoms with Crippen molar-refractivity contribution in [3.63, 3.8) is 0 Å². The molecule has 0 spiro atoms. The van der Waals surface area contributed by atoms with Crippen molar-refractivity contribution in [1.82, 2.24) is 5.32 Å². The second-order valence-electron chi connectivity index (χ2n) is 6.14. The molecule has 0 atom stereocenters. The molecule has 2 nitrogen and oxygen atoms in total. The predicted octanol–water partition coefficient (Wildman–Crippen LogP) is 3.22. The molecule has 0 radical (unpaired) electrons. The molecule has 1 aliphatic carbocycles. The maximum atomic E-state index is 6.05. The SMILES string of the molecule is CCNCC(C)(C)COC1CCC(C)CC1. The molecule has 0 saturated heterocycles. The van der Waals surface area contributed by atoms with Crippen LogP contribution in [0.4, 0.5) is 0 Å². The van der Waals surface area contributed by atoms with Gasteiger partial charge in [0, 0.05) is 12.0 Å². The minimum Gasteiger partial charge on any atom is -0.378 e. The monoisotopic (exact) mass is 227 g/mol. The minimum absolute atomic E-state index is 0.263. The molecule has 0 aromatic carbocycles. The van der Waals surface area contributed by atoms with E-state index in [2.05, 4.69) is 33.0 Å². The van der Waals surface area contributed by atoms with Crippen molar-refractivity contribution in [1.29, 1.82) is 0 Å². The molecule has 0 heterocycles. The Labute approximate surface area is 101 Å². The lowest BCUT2D eigenvalue weighted by molar-refractivity contribution is -0.0200. The van der Waals surface area contributed by atoms with Crippen LogP contribution in [0.25, 0.3) is 0 Å². The Kier molecular flexibility index (Phi) is 5.77. The number of ether oxygens (including phenoxy) is 1. The van der Waals surface area contributed by atoms with Gasteiger partial charge in [-0.25, -0.2) is 0 Å². The van der Waals surface area contributed by atoms with Gasteiger partial charge in [-0.05, 0) is 38.1 Å². The topological polar surface area (TPSA) is 21.3 Å². The van der Waals surface area contributed by atoms with Gasteiger partial charge >= 0.3 is 0 Å². The largest absolute Gasteiger partial charge is 0.378 e. The van der Waals surface area contributed by atoms with E-state index < -0.39 is 0 Å². The maximum Gasteiger partial charge on any atom is 0.0575 e. The van der Waals surface area contributed by atoms with E-state index in [1.165, 1.54) is 25.7 Å². The van der Waals surface area contributed by atoms with E-state index in [0.717, 1.165) is 25.6 Å². The Bertz CT molecular complexity index is 183. The Morgan fingerprint density at radius 2 is 1.81 bits per heavy atom. The molecule has 0 aliphatic heterocycles. The molecule has 0 bridgehead atoms. The summed E-state index contributed by atoms with van der Waals surface area (Å²) in [7, 11) is 0. The van der Waals surface area contributed by atoms with Crippen molar-refractivity contribution < 1.29 is 4.74 Å². The summed E-state index contributed by atoms with van der Waals surface area (Å²) < 4.78 is 6.05. The van der Waals surface area contributed by atoms with Gasteiger partial charge in [0.05, 0.1) is 12.7 Å². The van der Waals surface area contributed by atoms with Crippen molar-refractivity contribution >= 4 is 0 Å². The second kappa shape index (κ2) is 6.61. The van der Waals surface area contributed by atoms with Crippen LogP contribution in [0.1, 0.15) is 53.4 Å². The van der Waals surface area contributed by atoms with Crippen LogP contribution in [0.5, 0.6) is 0 Å². The Morgan fingerprint density at radius 3 is 2.38 bits per heavy atom. The van der Waals surface area contributed by atoms with Crippen molar-refractivity contribution in [2.45, 2.75) is 59.5 Å². The lowest BCUT2D eigenvalue weighted by Crippen LogP contribution is -2.35. The highest BCUT2D eigenvalue weighted by atomic mass is 16.5. The molecule has 1 N–H and O–H groups in total. The molecular weight excluding hydrogens is 198 g/mol. The highest BCUT2D eigenvalue weighted by Crippen LogP contribution is 2.27. The second-order valence-corrected chi connectivity index (χ2v) is 6.14. The lowest BCUT2D eigenvalue weighted by Gasteiger charge is -2.31. The third kappa shape index (κ3) is 5.31. The van der Waals surface area contributed by atoms with Crippen LogP contribution in [-0.2, 0) is 4.74 Å². The average Bonchev–Trinajstić information content (AvgIpc) is 2.26. The van der Waals surface area contributed by atoms with E-state index in [-0.39, 0.29) is 5.41 Å². The summed E-state index contributed by atoms with van der Waals surface area (Å²) in [6.07, 6.45) is 5.74. The number of hydrogen-bond acceptors (Lipinski definition) is 2. The highest BCUT2D eigenvalue weighted by molar-refractivity contribution is 4.74. The van der Waals surface area contributed by atoms with Crippen LogP contribution in [0, 0.1) is 11.3 Å². The highest BCUT2D eigenvalue weighted by Gasteiger charge is 2.23. The number of hydrogen-bond donors (Lipinski definition) is 1. The van der Waals surface area contributed by atoms with Crippen LogP contribution in [0.15, 0.2) is 0 Å². The Hall–Kier alpha value is -0.0800. The van der Waals surface area contributed by atoms with Crippen LogP contribution in [0.3, 0.4) is 0 Å². The zero-order valence-corrected chi connectivity index (χ0v) is 11.5. The smallest absolute Gasteiger partial charge is 0.0575 e. The summed E-state index contributed by atoms with van der Waals surface area (Å²) in [4.78, 5) is 0. The summed E-state index contributed by atoms with van der Waals surface area (Å²) in [6, 6.07) is 0. The molecule has 0 aromatic rings. The van der Waals surface area contributed by atoms with Gasteiger partial charge in [-0.1, -0.05) is 27.7 Å². The van der Waals surface area contributed by atoms with Crippen molar-refractivity contribution in [3.05, 3.63) is 0 Å². The average molecular weight is 227 g/mol. The molecule has 96 valence electrons. The predicted molar refractivity (Wildman–Crippen MR) is 69.7 cm³/mol. The maximum absolute atomic E-state index is 6.05. The molecule has 0 aromatic heterocycles. The zero-order chi connectivity index (χ0) is 12.0. The minimum atomic E-state index is 0.263. The molecule has 0 unspecified atom stereocenters. The quantitative estimate of drug-likeness (QED) is 0.752. The van der Waals surface area contributed by atoms with E-state index in [0.29, 0.717) is 6.10 Å². The van der Waals surface area contributed by atoms with Crippen LogP contribution in [-0.4, -0.2) is 25.8 Å². The first-order chi connectivity index (χ1) is 7.53. The van der Waals surface area contributed by atoms with Crippen molar-refractivity contribution in [3.8, 4) is 0 Å². The van der Waals surface area contributed by atoms with Crippen molar-refractivity contribution in [2.24, 2.45) is 11.3 Å². The third-order valence-corrected chi connectivity index (χ3v) is 3.53. The van der Waals surface area contributed by atoms with Crippen molar-refractivity contribution in [2.75, 3.05) is 19.7 Å². The van der Waals surface area contributed by atoms with E-state index in [9.17, 15) is 0 Å². The van der Waals surface area contributed by atoms with Gasteiger partial charge in [0.2, 0.25) is 0 Å². The number of rotatable bonds is 6. The zero-order valence-electron chi connectivity index (χ0n) is 11.5. The molecule has 16 heavy (non-hydrogen) atoms. The molecule has 1 rings (SSSR count). The van der Waals surface area contributed by atoms with Gasteiger partial charge in [0.1, 0.15) is 0 Å². The molecule has 1 aliphatic rings. The molecule has 1 saturated carbocycles. The normalized spacial score (nSPS) is 27.0. The standard InChI is InChI=1S/C14H29NO/c1-5-15-10-14(3,4)11-16-13-8-6-12(2)7-9-13/h12-13,15H,5-11H2,1-4H3. The molecule has 0 amide bonds. The first-order valence-corrected chi connectivity index (χ1v) is 6.86. The Morgan fingerprint density at radius 1 is 1.19 bits per heavy atom. The molecular formula is C14H29NO. The lowest BCUT2D eigenvalue weighted by atomic mass is 9.88. The fraction of sp³-hybridized carbons (Fsp3) is 1.00. The van der Waals surface area contributed by atoms with E-state index in [1.807, 2.05) is 0 Å². The summed E-state index contributed by atoms with van der Waals surface area (Å²) >= 11 is 0. The van der Waals surface area contributed by atoms with Gasteiger partial charge < -0.3 is 10.1 Å². The summed E-state index contributed by atoms with van der Waals surface area (Å²) in [6.45, 7) is 12.0. The van der Waals surface area contributed by atoms with Crippen LogP contribution >= 0.6 is 0 Å². The number of nitrogens with one attached hydrogen (secondary N) is 1. The van der Waals surface area contributed by atoms with Crippen LogP contribution < -0.4 is 5.32 Å². The van der Waals surface area contributed by atoms with Gasteiger partial charge in [0.15, 0.2) is 0 Å². The van der Waals surface area contributed by atoms with E-state index in [1.54, 1.807) is 0 Å².